The van der Waals surface area contributed by atoms with Gasteiger partial charge in [0.2, 0.25) is 0 Å². The van der Waals surface area contributed by atoms with Gasteiger partial charge in [0.05, 0.1) is 16.4 Å². The molecule has 0 saturated carbocycles. The van der Waals surface area contributed by atoms with Gasteiger partial charge in [-0.2, -0.15) is 14.9 Å². The molecule has 0 atom stereocenters. The molecule has 0 fully saturated rings. The van der Waals surface area contributed by atoms with E-state index in [4.69, 9.17) is 11.6 Å². The Bertz CT molecular complexity index is 597. The van der Waals surface area contributed by atoms with Crippen molar-refractivity contribution in [3.05, 3.63) is 33.9 Å². The van der Waals surface area contributed by atoms with Crippen LogP contribution in [0, 0.1) is 20.8 Å². The van der Waals surface area contributed by atoms with Crippen molar-refractivity contribution in [3.63, 3.8) is 0 Å². The van der Waals surface area contributed by atoms with Crippen molar-refractivity contribution in [1.29, 1.82) is 0 Å². The Morgan fingerprint density at radius 1 is 1.29 bits per heavy atom. The van der Waals surface area contributed by atoms with Crippen LogP contribution in [0.2, 0.25) is 5.02 Å². The Morgan fingerprint density at radius 2 is 1.94 bits per heavy atom. The molecule has 0 N–H and O–H groups in total. The second-order valence-corrected chi connectivity index (χ2v) is 4.39. The first-order chi connectivity index (χ1) is 7.91. The van der Waals surface area contributed by atoms with Crippen LogP contribution in [0.3, 0.4) is 0 Å². The summed E-state index contributed by atoms with van der Waals surface area (Å²) in [4.78, 5) is 12.2. The zero-order valence-electron chi connectivity index (χ0n) is 10.2. The van der Waals surface area contributed by atoms with Gasteiger partial charge < -0.3 is 0 Å². The molecule has 0 bridgehead atoms. The lowest BCUT2D eigenvalue weighted by atomic mass is 10.3. The van der Waals surface area contributed by atoms with Crippen molar-refractivity contribution < 1.29 is 4.79 Å². The number of carbonyl (C=O) groups excluding carboxylic acids is 1. The van der Waals surface area contributed by atoms with E-state index in [1.165, 1.54) is 4.68 Å². The molecular weight excluding hydrogens is 240 g/mol. The van der Waals surface area contributed by atoms with Crippen molar-refractivity contribution in [2.24, 2.45) is 7.05 Å². The molecule has 17 heavy (non-hydrogen) atoms. The minimum atomic E-state index is -0.302. The maximum absolute atomic E-state index is 12.2. The molecule has 6 heteroatoms. The number of hydrogen-bond acceptors (Lipinski definition) is 3. The second kappa shape index (κ2) is 4.00. The number of hydrogen-bond donors (Lipinski definition) is 0. The lowest BCUT2D eigenvalue weighted by molar-refractivity contribution is 0.0937. The van der Waals surface area contributed by atoms with Crippen LogP contribution >= 0.6 is 11.6 Å². The highest BCUT2D eigenvalue weighted by molar-refractivity contribution is 6.34. The van der Waals surface area contributed by atoms with E-state index in [9.17, 15) is 4.79 Å². The minimum absolute atomic E-state index is 0.234. The summed E-state index contributed by atoms with van der Waals surface area (Å²) < 4.78 is 2.91. The van der Waals surface area contributed by atoms with Gasteiger partial charge in [0.1, 0.15) is 0 Å². The van der Waals surface area contributed by atoms with Crippen molar-refractivity contribution in [1.82, 2.24) is 19.6 Å². The first-order valence-electron chi connectivity index (χ1n) is 5.19. The molecule has 0 aliphatic rings. The molecule has 2 heterocycles. The topological polar surface area (TPSA) is 52.7 Å². The fraction of sp³-hybridized carbons (Fsp3) is 0.364. The molecule has 0 radical (unpaired) electrons. The lowest BCUT2D eigenvalue weighted by Crippen LogP contribution is -2.16. The zero-order valence-corrected chi connectivity index (χ0v) is 10.9. The Labute approximate surface area is 104 Å². The van der Waals surface area contributed by atoms with E-state index >= 15 is 0 Å². The van der Waals surface area contributed by atoms with Crippen LogP contribution in [0.15, 0.2) is 6.07 Å². The van der Waals surface area contributed by atoms with Gasteiger partial charge in [0.15, 0.2) is 5.69 Å². The van der Waals surface area contributed by atoms with Crippen LogP contribution in [0.25, 0.3) is 0 Å². The minimum Gasteiger partial charge on any atom is -0.271 e. The Morgan fingerprint density at radius 3 is 2.35 bits per heavy atom. The molecule has 2 rings (SSSR count). The van der Waals surface area contributed by atoms with Gasteiger partial charge in [0.25, 0.3) is 5.91 Å². The third-order valence-corrected chi connectivity index (χ3v) is 3.12. The molecule has 0 aromatic carbocycles. The molecule has 0 saturated heterocycles. The molecular formula is C11H13ClN4O. The van der Waals surface area contributed by atoms with Crippen LogP contribution in [0.4, 0.5) is 0 Å². The van der Waals surface area contributed by atoms with E-state index in [0.717, 1.165) is 17.1 Å². The van der Waals surface area contributed by atoms with Gasteiger partial charge in [-0.1, -0.05) is 11.6 Å². The molecule has 90 valence electrons. The molecule has 2 aromatic heterocycles. The summed E-state index contributed by atoms with van der Waals surface area (Å²) in [6, 6.07) is 1.83. The zero-order chi connectivity index (χ0) is 12.7. The number of carbonyl (C=O) groups is 1. The van der Waals surface area contributed by atoms with E-state index in [-0.39, 0.29) is 11.6 Å². The SMILES string of the molecule is Cc1cc(C)n(C(=O)c2nn(C)c(C)c2Cl)n1. The van der Waals surface area contributed by atoms with Gasteiger partial charge in [0, 0.05) is 12.7 Å². The average Bonchev–Trinajstić information content (AvgIpc) is 2.72. The summed E-state index contributed by atoms with van der Waals surface area (Å²) in [5.74, 6) is -0.302. The summed E-state index contributed by atoms with van der Waals surface area (Å²) in [6.45, 7) is 5.47. The summed E-state index contributed by atoms with van der Waals surface area (Å²) in [5, 5.41) is 8.62. The maximum Gasteiger partial charge on any atom is 0.300 e. The van der Waals surface area contributed by atoms with Crippen molar-refractivity contribution >= 4 is 17.5 Å². The Balaban J connectivity index is 2.51. The number of rotatable bonds is 1. The molecule has 0 unspecified atom stereocenters. The van der Waals surface area contributed by atoms with Crippen LogP contribution in [0.1, 0.15) is 27.6 Å². The smallest absolute Gasteiger partial charge is 0.271 e. The van der Waals surface area contributed by atoms with Crippen LogP contribution in [0.5, 0.6) is 0 Å². The van der Waals surface area contributed by atoms with Crippen molar-refractivity contribution in [2.75, 3.05) is 0 Å². The monoisotopic (exact) mass is 252 g/mol. The number of aromatic nitrogens is 4. The molecule has 0 amide bonds. The maximum atomic E-state index is 12.2. The third-order valence-electron chi connectivity index (χ3n) is 2.67. The third kappa shape index (κ3) is 1.86. The number of halogens is 1. The van der Waals surface area contributed by atoms with Crippen LogP contribution in [-0.2, 0) is 7.05 Å². The molecule has 0 aliphatic heterocycles. The molecule has 0 spiro atoms. The van der Waals surface area contributed by atoms with Gasteiger partial charge in [-0.3, -0.25) is 9.48 Å². The summed E-state index contributed by atoms with van der Waals surface area (Å²) in [6.07, 6.45) is 0. The van der Waals surface area contributed by atoms with E-state index in [0.29, 0.717) is 5.02 Å². The fourth-order valence-corrected chi connectivity index (χ4v) is 1.89. The van der Waals surface area contributed by atoms with Gasteiger partial charge in [-0.15, -0.1) is 0 Å². The van der Waals surface area contributed by atoms with E-state index in [1.807, 2.05) is 26.8 Å². The number of aryl methyl sites for hydroxylation is 3. The highest BCUT2D eigenvalue weighted by atomic mass is 35.5. The van der Waals surface area contributed by atoms with Crippen LogP contribution in [-0.4, -0.2) is 25.5 Å². The number of nitrogens with zero attached hydrogens (tertiary/aromatic N) is 4. The van der Waals surface area contributed by atoms with Gasteiger partial charge in [-0.25, -0.2) is 0 Å². The quantitative estimate of drug-likeness (QED) is 0.779. The van der Waals surface area contributed by atoms with E-state index in [1.54, 1.807) is 11.7 Å². The highest BCUT2D eigenvalue weighted by Gasteiger charge is 2.21. The predicted octanol–water partition coefficient (Wildman–Crippen LogP) is 1.88. The molecule has 5 nitrogen and oxygen atoms in total. The first-order valence-corrected chi connectivity index (χ1v) is 5.56. The Kier molecular flexibility index (Phi) is 2.79. The summed E-state index contributed by atoms with van der Waals surface area (Å²) >= 11 is 6.07. The molecule has 2 aromatic rings. The standard InChI is InChI=1S/C11H13ClN4O/c1-6-5-7(2)16(13-6)11(17)10-9(12)8(3)15(4)14-10/h5H,1-4H3. The second-order valence-electron chi connectivity index (χ2n) is 4.02. The van der Waals surface area contributed by atoms with E-state index in [2.05, 4.69) is 10.2 Å². The Hall–Kier alpha value is -1.62. The first kappa shape index (κ1) is 11.9. The average molecular weight is 253 g/mol. The summed E-state index contributed by atoms with van der Waals surface area (Å²) in [7, 11) is 1.75. The summed E-state index contributed by atoms with van der Waals surface area (Å²) in [5.41, 5.74) is 2.56. The lowest BCUT2D eigenvalue weighted by Gasteiger charge is -1.99. The predicted molar refractivity (Wildman–Crippen MR) is 64.4 cm³/mol. The van der Waals surface area contributed by atoms with E-state index < -0.39 is 0 Å². The highest BCUT2D eigenvalue weighted by Crippen LogP contribution is 2.20. The van der Waals surface area contributed by atoms with Gasteiger partial charge in [-0.05, 0) is 26.8 Å². The van der Waals surface area contributed by atoms with Crippen molar-refractivity contribution in [3.8, 4) is 0 Å². The van der Waals surface area contributed by atoms with Crippen LogP contribution < -0.4 is 0 Å². The largest absolute Gasteiger partial charge is 0.300 e. The molecule has 0 aliphatic carbocycles. The normalized spacial score (nSPS) is 10.9. The van der Waals surface area contributed by atoms with Gasteiger partial charge >= 0.3 is 0 Å². The van der Waals surface area contributed by atoms with Crippen molar-refractivity contribution in [2.45, 2.75) is 20.8 Å². The fourth-order valence-electron chi connectivity index (χ4n) is 1.65.